The SMILES string of the molecule is O=CON1CC[C@@H](c2ccc(F)cc2)[C@H](COc2ccc3c(c2)OCO3)C1. The van der Waals surface area contributed by atoms with E-state index in [2.05, 4.69) is 0 Å². The standard InChI is InChI=1S/C20H20FNO5/c21-16-3-1-14(2-4-16)18-7-8-22(27-12-23)10-15(18)11-24-17-5-6-19-20(9-17)26-13-25-19/h1-6,9,12,15,18H,7-8,10-11,13H2/t15-,18-/m0/s1. The first-order valence-electron chi connectivity index (χ1n) is 8.86. The number of fused-ring (bicyclic) bond motifs is 1. The van der Waals surface area contributed by atoms with Gasteiger partial charge in [-0.05, 0) is 42.2 Å². The molecule has 27 heavy (non-hydrogen) atoms. The van der Waals surface area contributed by atoms with Crippen LogP contribution in [0.3, 0.4) is 0 Å². The number of nitrogens with zero attached hydrogens (tertiary/aromatic N) is 1. The predicted octanol–water partition coefficient (Wildman–Crippen LogP) is 3.13. The van der Waals surface area contributed by atoms with Crippen molar-refractivity contribution in [1.82, 2.24) is 5.06 Å². The van der Waals surface area contributed by atoms with E-state index in [0.717, 1.165) is 12.0 Å². The number of benzene rings is 2. The largest absolute Gasteiger partial charge is 0.493 e. The van der Waals surface area contributed by atoms with Crippen LogP contribution in [-0.2, 0) is 9.63 Å². The number of carbonyl (C=O) groups excluding carboxylic acids is 1. The number of hydroxylamine groups is 2. The molecular weight excluding hydrogens is 353 g/mol. The van der Waals surface area contributed by atoms with E-state index < -0.39 is 0 Å². The van der Waals surface area contributed by atoms with Gasteiger partial charge in [0, 0.05) is 25.1 Å². The maximum atomic E-state index is 13.3. The Labute approximate surface area is 156 Å². The second-order valence-corrected chi connectivity index (χ2v) is 6.62. The van der Waals surface area contributed by atoms with Gasteiger partial charge in [-0.25, -0.2) is 4.39 Å². The lowest BCUT2D eigenvalue weighted by atomic mass is 9.81. The maximum absolute atomic E-state index is 13.3. The molecule has 0 aliphatic carbocycles. The first-order chi connectivity index (χ1) is 13.2. The highest BCUT2D eigenvalue weighted by Crippen LogP contribution is 2.37. The molecule has 2 aliphatic heterocycles. The van der Waals surface area contributed by atoms with Gasteiger partial charge in [0.05, 0.1) is 6.61 Å². The highest BCUT2D eigenvalue weighted by molar-refractivity contribution is 5.46. The van der Waals surface area contributed by atoms with Crippen LogP contribution in [0.5, 0.6) is 17.2 Å². The average molecular weight is 373 g/mol. The first kappa shape index (κ1) is 17.6. The molecule has 0 amide bonds. The Morgan fingerprint density at radius 2 is 1.96 bits per heavy atom. The van der Waals surface area contributed by atoms with Crippen LogP contribution in [-0.4, -0.2) is 38.0 Å². The van der Waals surface area contributed by atoms with Crippen molar-refractivity contribution in [1.29, 1.82) is 0 Å². The predicted molar refractivity (Wildman–Crippen MR) is 94.0 cm³/mol. The topological polar surface area (TPSA) is 57.2 Å². The minimum Gasteiger partial charge on any atom is -0.493 e. The van der Waals surface area contributed by atoms with Gasteiger partial charge < -0.3 is 19.0 Å². The highest BCUT2D eigenvalue weighted by atomic mass is 19.1. The van der Waals surface area contributed by atoms with Crippen LogP contribution in [0.25, 0.3) is 0 Å². The van der Waals surface area contributed by atoms with Crippen LogP contribution in [0, 0.1) is 11.7 Å². The Balaban J connectivity index is 1.48. The quantitative estimate of drug-likeness (QED) is 0.725. The normalized spacial score (nSPS) is 21.7. The molecule has 0 unspecified atom stereocenters. The highest BCUT2D eigenvalue weighted by Gasteiger charge is 2.32. The fraction of sp³-hybridized carbons (Fsp3) is 0.350. The van der Waals surface area contributed by atoms with Crippen LogP contribution in [0.2, 0.25) is 0 Å². The summed E-state index contributed by atoms with van der Waals surface area (Å²) in [4.78, 5) is 15.7. The lowest BCUT2D eigenvalue weighted by molar-refractivity contribution is -0.184. The summed E-state index contributed by atoms with van der Waals surface area (Å²) in [6, 6.07) is 12.0. The maximum Gasteiger partial charge on any atom is 0.312 e. The van der Waals surface area contributed by atoms with Crippen molar-refractivity contribution < 1.29 is 28.2 Å². The van der Waals surface area contributed by atoms with Crippen molar-refractivity contribution in [3.05, 3.63) is 53.8 Å². The Morgan fingerprint density at radius 3 is 2.78 bits per heavy atom. The molecule has 2 heterocycles. The Kier molecular flexibility index (Phi) is 5.11. The molecule has 1 fully saturated rings. The van der Waals surface area contributed by atoms with Crippen molar-refractivity contribution in [2.24, 2.45) is 5.92 Å². The summed E-state index contributed by atoms with van der Waals surface area (Å²) >= 11 is 0. The molecule has 2 atom stereocenters. The molecule has 0 saturated carbocycles. The molecule has 6 nitrogen and oxygen atoms in total. The molecule has 0 N–H and O–H groups in total. The van der Waals surface area contributed by atoms with Gasteiger partial charge in [0.25, 0.3) is 0 Å². The number of rotatable bonds is 6. The van der Waals surface area contributed by atoms with E-state index in [4.69, 9.17) is 19.0 Å². The number of carbonyl (C=O) groups is 1. The third kappa shape index (κ3) is 3.98. The number of ether oxygens (including phenoxy) is 3. The molecule has 0 aromatic heterocycles. The van der Waals surface area contributed by atoms with Crippen molar-refractivity contribution in [2.75, 3.05) is 26.5 Å². The van der Waals surface area contributed by atoms with Crippen LogP contribution >= 0.6 is 0 Å². The number of halogens is 1. The Morgan fingerprint density at radius 1 is 1.15 bits per heavy atom. The van der Waals surface area contributed by atoms with Gasteiger partial charge in [-0.2, -0.15) is 0 Å². The summed E-state index contributed by atoms with van der Waals surface area (Å²) in [5.41, 5.74) is 1.06. The van der Waals surface area contributed by atoms with Crippen LogP contribution in [0.4, 0.5) is 4.39 Å². The first-order valence-corrected chi connectivity index (χ1v) is 8.86. The fourth-order valence-electron chi connectivity index (χ4n) is 3.64. The zero-order chi connectivity index (χ0) is 18.6. The van der Waals surface area contributed by atoms with Crippen LogP contribution < -0.4 is 14.2 Å². The van der Waals surface area contributed by atoms with E-state index >= 15 is 0 Å². The summed E-state index contributed by atoms with van der Waals surface area (Å²) in [5.74, 6) is 2.06. The molecule has 2 aromatic carbocycles. The summed E-state index contributed by atoms with van der Waals surface area (Å²) in [5, 5.41) is 1.64. The second kappa shape index (κ2) is 7.84. The second-order valence-electron chi connectivity index (χ2n) is 6.62. The molecule has 0 spiro atoms. The molecular formula is C20H20FNO5. The molecule has 7 heteroatoms. The van der Waals surface area contributed by atoms with Crippen LogP contribution in [0.1, 0.15) is 17.9 Å². The van der Waals surface area contributed by atoms with E-state index in [9.17, 15) is 9.18 Å². The summed E-state index contributed by atoms with van der Waals surface area (Å²) in [6.45, 7) is 2.26. The van der Waals surface area contributed by atoms with Crippen molar-refractivity contribution in [3.63, 3.8) is 0 Å². The fourth-order valence-corrected chi connectivity index (χ4v) is 3.64. The van der Waals surface area contributed by atoms with Gasteiger partial charge in [-0.15, -0.1) is 5.06 Å². The molecule has 4 rings (SSSR count). The molecule has 142 valence electrons. The third-order valence-electron chi connectivity index (χ3n) is 5.00. The van der Waals surface area contributed by atoms with E-state index in [0.29, 0.717) is 43.4 Å². The van der Waals surface area contributed by atoms with Crippen LogP contribution in [0.15, 0.2) is 42.5 Å². The molecule has 2 aromatic rings. The monoisotopic (exact) mass is 373 g/mol. The van der Waals surface area contributed by atoms with Gasteiger partial charge >= 0.3 is 6.47 Å². The zero-order valence-corrected chi connectivity index (χ0v) is 14.7. The number of hydrogen-bond acceptors (Lipinski definition) is 6. The number of piperidine rings is 1. The van der Waals surface area contributed by atoms with Gasteiger partial charge in [-0.3, -0.25) is 4.79 Å². The van der Waals surface area contributed by atoms with E-state index in [1.165, 1.54) is 12.1 Å². The van der Waals surface area contributed by atoms with E-state index in [1.54, 1.807) is 11.1 Å². The minimum absolute atomic E-state index is 0.0783. The van der Waals surface area contributed by atoms with Crippen molar-refractivity contribution in [2.45, 2.75) is 12.3 Å². The minimum atomic E-state index is -0.256. The van der Waals surface area contributed by atoms with Gasteiger partial charge in [-0.1, -0.05) is 12.1 Å². The van der Waals surface area contributed by atoms with Crippen molar-refractivity contribution >= 4 is 6.47 Å². The molecule has 2 aliphatic rings. The smallest absolute Gasteiger partial charge is 0.312 e. The average Bonchev–Trinajstić information content (AvgIpc) is 3.15. The van der Waals surface area contributed by atoms with Gasteiger partial charge in [0.2, 0.25) is 6.79 Å². The molecule has 1 saturated heterocycles. The lowest BCUT2D eigenvalue weighted by Crippen LogP contribution is -2.41. The molecule has 0 bridgehead atoms. The van der Waals surface area contributed by atoms with E-state index in [1.807, 2.05) is 24.3 Å². The van der Waals surface area contributed by atoms with Gasteiger partial charge in [0.15, 0.2) is 11.5 Å². The summed E-state index contributed by atoms with van der Waals surface area (Å²) < 4.78 is 30.0. The summed E-state index contributed by atoms with van der Waals surface area (Å²) in [7, 11) is 0. The van der Waals surface area contributed by atoms with Gasteiger partial charge in [0.1, 0.15) is 11.6 Å². The molecule has 0 radical (unpaired) electrons. The number of hydrogen-bond donors (Lipinski definition) is 0. The Hall–Kier alpha value is -2.80. The zero-order valence-electron chi connectivity index (χ0n) is 14.7. The lowest BCUT2D eigenvalue weighted by Gasteiger charge is -2.36. The Bertz CT molecular complexity index is 797. The van der Waals surface area contributed by atoms with Crippen molar-refractivity contribution in [3.8, 4) is 17.2 Å². The summed E-state index contributed by atoms with van der Waals surface area (Å²) in [6.07, 6.45) is 0.786. The third-order valence-corrected chi connectivity index (χ3v) is 5.00. The van der Waals surface area contributed by atoms with E-state index in [-0.39, 0.29) is 24.4 Å².